The second-order valence-corrected chi connectivity index (χ2v) is 11.7. The summed E-state index contributed by atoms with van der Waals surface area (Å²) in [5, 5.41) is 18.3. The number of tetrazole rings is 1. The summed E-state index contributed by atoms with van der Waals surface area (Å²) in [5.74, 6) is 0.202. The van der Waals surface area contributed by atoms with Crippen molar-refractivity contribution in [2.24, 2.45) is 0 Å². The van der Waals surface area contributed by atoms with Crippen molar-refractivity contribution in [2.45, 2.75) is 29.4 Å². The van der Waals surface area contributed by atoms with Gasteiger partial charge in [0.05, 0.1) is 28.3 Å². The van der Waals surface area contributed by atoms with Crippen LogP contribution < -0.4 is 10.6 Å². The van der Waals surface area contributed by atoms with Gasteiger partial charge in [0.2, 0.25) is 17.0 Å². The highest BCUT2D eigenvalue weighted by Crippen LogP contribution is 2.31. The number of amides is 2. The quantitative estimate of drug-likeness (QED) is 0.203. The van der Waals surface area contributed by atoms with Crippen LogP contribution in [-0.2, 0) is 22.6 Å². The standard InChI is InChI=1S/C27H25N7O2S3/c1-2-18-8-10-20(11-9-18)28-25(36)17-38-27-30-22-13-12-21(14-23(22)39-27)29-24(35)16-37-26-31-32-33-34(26)15-19-6-4-3-5-7-19/h3-14H,2,15-17H2,1H3,(H,28,36)(H,29,35). The summed E-state index contributed by atoms with van der Waals surface area (Å²) in [6, 6.07) is 23.3. The third-order valence-electron chi connectivity index (χ3n) is 5.63. The molecular formula is C27H25N7O2S3. The molecule has 3 aromatic carbocycles. The van der Waals surface area contributed by atoms with Crippen LogP contribution in [0.25, 0.3) is 10.2 Å². The third kappa shape index (κ3) is 7.43. The number of nitrogens with zero attached hydrogens (tertiary/aromatic N) is 5. The highest BCUT2D eigenvalue weighted by molar-refractivity contribution is 8.01. The molecule has 0 aliphatic carbocycles. The monoisotopic (exact) mass is 575 g/mol. The number of fused-ring (bicyclic) bond motifs is 1. The number of aromatic nitrogens is 5. The second kappa shape index (κ2) is 12.9. The molecule has 0 fully saturated rings. The van der Waals surface area contributed by atoms with Gasteiger partial charge in [-0.25, -0.2) is 9.67 Å². The SMILES string of the molecule is CCc1ccc(NC(=O)CSc2nc3ccc(NC(=O)CSc4nnnn4Cc4ccccc4)cc3s2)cc1. The number of hydrogen-bond acceptors (Lipinski definition) is 9. The van der Waals surface area contributed by atoms with Gasteiger partial charge in [0.15, 0.2) is 4.34 Å². The molecule has 2 N–H and O–H groups in total. The number of thiazole rings is 1. The minimum absolute atomic E-state index is 0.0799. The minimum Gasteiger partial charge on any atom is -0.325 e. The number of benzene rings is 3. The molecule has 0 bridgehead atoms. The maximum atomic E-state index is 12.6. The largest absolute Gasteiger partial charge is 0.325 e. The van der Waals surface area contributed by atoms with Gasteiger partial charge in [-0.2, -0.15) is 0 Å². The Morgan fingerprint density at radius 1 is 0.872 bits per heavy atom. The van der Waals surface area contributed by atoms with E-state index in [-0.39, 0.29) is 23.3 Å². The highest BCUT2D eigenvalue weighted by Gasteiger charge is 2.13. The van der Waals surface area contributed by atoms with Gasteiger partial charge < -0.3 is 10.6 Å². The molecule has 12 heteroatoms. The highest BCUT2D eigenvalue weighted by atomic mass is 32.2. The first-order valence-electron chi connectivity index (χ1n) is 12.2. The van der Waals surface area contributed by atoms with Crippen LogP contribution >= 0.6 is 34.9 Å². The van der Waals surface area contributed by atoms with Crippen molar-refractivity contribution in [1.29, 1.82) is 0 Å². The summed E-state index contributed by atoms with van der Waals surface area (Å²) in [6.07, 6.45) is 0.961. The van der Waals surface area contributed by atoms with Gasteiger partial charge in [-0.05, 0) is 58.3 Å². The fraction of sp³-hybridized carbons (Fsp3) is 0.185. The first-order valence-corrected chi connectivity index (χ1v) is 15.0. The number of carbonyl (C=O) groups is 2. The van der Waals surface area contributed by atoms with Crippen molar-refractivity contribution in [2.75, 3.05) is 22.1 Å². The number of thioether (sulfide) groups is 2. The Bertz CT molecular complexity index is 1570. The van der Waals surface area contributed by atoms with E-state index in [2.05, 4.69) is 38.1 Å². The van der Waals surface area contributed by atoms with E-state index >= 15 is 0 Å². The fourth-order valence-corrected chi connectivity index (χ4v) is 6.26. The van der Waals surface area contributed by atoms with Crippen LogP contribution in [0.2, 0.25) is 0 Å². The Morgan fingerprint density at radius 3 is 2.36 bits per heavy atom. The van der Waals surface area contributed by atoms with Crippen LogP contribution in [0.15, 0.2) is 82.3 Å². The number of rotatable bonds is 11. The van der Waals surface area contributed by atoms with Crippen molar-refractivity contribution in [3.05, 3.63) is 83.9 Å². The average molecular weight is 576 g/mol. The lowest BCUT2D eigenvalue weighted by Crippen LogP contribution is -2.14. The summed E-state index contributed by atoms with van der Waals surface area (Å²) >= 11 is 4.17. The van der Waals surface area contributed by atoms with Crippen LogP contribution in [0.1, 0.15) is 18.1 Å². The minimum atomic E-state index is -0.156. The van der Waals surface area contributed by atoms with Gasteiger partial charge in [0.1, 0.15) is 0 Å². The lowest BCUT2D eigenvalue weighted by molar-refractivity contribution is -0.114. The fourth-order valence-electron chi connectivity index (χ4n) is 3.67. The summed E-state index contributed by atoms with van der Waals surface area (Å²) in [6.45, 7) is 2.63. The molecule has 2 heterocycles. The summed E-state index contributed by atoms with van der Waals surface area (Å²) in [5.41, 5.74) is 4.60. The topological polar surface area (TPSA) is 115 Å². The lowest BCUT2D eigenvalue weighted by atomic mass is 10.1. The first-order chi connectivity index (χ1) is 19.1. The Labute approximate surface area is 237 Å². The van der Waals surface area contributed by atoms with Crippen molar-refractivity contribution >= 4 is 68.3 Å². The molecule has 5 aromatic rings. The Kier molecular flexibility index (Phi) is 8.86. The first kappa shape index (κ1) is 26.9. The second-order valence-electron chi connectivity index (χ2n) is 8.49. The maximum Gasteiger partial charge on any atom is 0.234 e. The van der Waals surface area contributed by atoms with Gasteiger partial charge >= 0.3 is 0 Å². The number of nitrogens with one attached hydrogen (secondary N) is 2. The number of aryl methyl sites for hydroxylation is 1. The van der Waals surface area contributed by atoms with E-state index in [1.165, 1.54) is 40.4 Å². The molecule has 0 saturated heterocycles. The summed E-state index contributed by atoms with van der Waals surface area (Å²) in [4.78, 5) is 29.6. The molecule has 0 atom stereocenters. The van der Waals surface area contributed by atoms with E-state index in [0.29, 0.717) is 17.4 Å². The van der Waals surface area contributed by atoms with Crippen LogP contribution in [0.5, 0.6) is 0 Å². The van der Waals surface area contributed by atoms with Gasteiger partial charge in [-0.1, -0.05) is 72.9 Å². The molecule has 39 heavy (non-hydrogen) atoms. The maximum absolute atomic E-state index is 12.6. The van der Waals surface area contributed by atoms with Gasteiger partial charge in [-0.3, -0.25) is 9.59 Å². The number of carbonyl (C=O) groups excluding carboxylic acids is 2. The molecule has 0 aliphatic heterocycles. The lowest BCUT2D eigenvalue weighted by Gasteiger charge is -2.06. The predicted molar refractivity (Wildman–Crippen MR) is 158 cm³/mol. The number of hydrogen-bond donors (Lipinski definition) is 2. The Balaban J connectivity index is 1.12. The van der Waals surface area contributed by atoms with E-state index in [0.717, 1.165) is 32.2 Å². The zero-order valence-electron chi connectivity index (χ0n) is 21.0. The average Bonchev–Trinajstić information content (AvgIpc) is 3.57. The molecule has 0 saturated carbocycles. The predicted octanol–water partition coefficient (Wildman–Crippen LogP) is 5.36. The van der Waals surface area contributed by atoms with Crippen LogP contribution in [-0.4, -0.2) is 48.5 Å². The molecular weight excluding hydrogens is 551 g/mol. The normalized spacial score (nSPS) is 11.0. The molecule has 0 aliphatic rings. The summed E-state index contributed by atoms with van der Waals surface area (Å²) in [7, 11) is 0. The van der Waals surface area contributed by atoms with Gasteiger partial charge in [-0.15, -0.1) is 16.4 Å². The molecule has 5 rings (SSSR count). The van der Waals surface area contributed by atoms with E-state index < -0.39 is 0 Å². The van der Waals surface area contributed by atoms with Crippen LogP contribution in [0.3, 0.4) is 0 Å². The van der Waals surface area contributed by atoms with Crippen LogP contribution in [0, 0.1) is 0 Å². The van der Waals surface area contributed by atoms with Crippen molar-refractivity contribution in [3.8, 4) is 0 Å². The smallest absolute Gasteiger partial charge is 0.234 e. The molecule has 0 radical (unpaired) electrons. The molecule has 2 aromatic heterocycles. The van der Waals surface area contributed by atoms with Crippen LogP contribution in [0.4, 0.5) is 11.4 Å². The van der Waals surface area contributed by atoms with E-state index in [1.807, 2.05) is 72.8 Å². The van der Waals surface area contributed by atoms with E-state index in [1.54, 1.807) is 4.68 Å². The number of anilines is 2. The molecule has 9 nitrogen and oxygen atoms in total. The van der Waals surface area contributed by atoms with Crippen molar-refractivity contribution in [3.63, 3.8) is 0 Å². The molecule has 0 unspecified atom stereocenters. The summed E-state index contributed by atoms with van der Waals surface area (Å²) < 4.78 is 3.41. The van der Waals surface area contributed by atoms with E-state index in [9.17, 15) is 9.59 Å². The Morgan fingerprint density at radius 2 is 1.59 bits per heavy atom. The zero-order valence-corrected chi connectivity index (χ0v) is 23.5. The van der Waals surface area contributed by atoms with Crippen molar-refractivity contribution in [1.82, 2.24) is 25.2 Å². The zero-order chi connectivity index (χ0) is 27.0. The van der Waals surface area contributed by atoms with Crippen molar-refractivity contribution < 1.29 is 9.59 Å². The van der Waals surface area contributed by atoms with Gasteiger partial charge in [0, 0.05) is 11.4 Å². The molecule has 0 spiro atoms. The third-order valence-corrected chi connectivity index (χ3v) is 8.75. The molecule has 198 valence electrons. The van der Waals surface area contributed by atoms with Gasteiger partial charge in [0.25, 0.3) is 0 Å². The van der Waals surface area contributed by atoms with E-state index in [4.69, 9.17) is 0 Å². The Hall–Kier alpha value is -3.74. The molecule has 2 amide bonds.